The Bertz CT molecular complexity index is 544. The molecule has 19 heavy (non-hydrogen) atoms. The maximum absolute atomic E-state index is 12.7. The zero-order valence-corrected chi connectivity index (χ0v) is 14.1. The van der Waals surface area contributed by atoms with E-state index in [1.807, 2.05) is 14.0 Å². The number of ether oxygens (including phenoxy) is 1. The molecule has 1 atom stereocenters. The Balaban J connectivity index is 2.33. The molecule has 1 unspecified atom stereocenters. The average molecular weight is 369 g/mol. The van der Waals surface area contributed by atoms with Gasteiger partial charge in [0.1, 0.15) is 4.90 Å². The molecule has 0 aliphatic carbocycles. The Morgan fingerprint density at radius 2 is 2.37 bits per heavy atom. The fourth-order valence-corrected chi connectivity index (χ4v) is 6.28. The summed E-state index contributed by atoms with van der Waals surface area (Å²) >= 11 is 4.81. The van der Waals surface area contributed by atoms with E-state index in [4.69, 9.17) is 4.74 Å². The smallest absolute Gasteiger partial charge is 0.245 e. The standard InChI is InChI=1S/C11H17BrN2O3S2/c1-8-7-17-4-3-14(8)19(15,16)10-5-9(6-13-2)18-11(10)12/h5,8,13H,3-4,6-7H2,1-2H3. The highest BCUT2D eigenvalue weighted by molar-refractivity contribution is 9.11. The summed E-state index contributed by atoms with van der Waals surface area (Å²) in [4.78, 5) is 1.35. The van der Waals surface area contributed by atoms with Crippen LogP contribution in [0.15, 0.2) is 14.7 Å². The number of hydrogen-bond donors (Lipinski definition) is 1. The first kappa shape index (κ1) is 15.4. The fraction of sp³-hybridized carbons (Fsp3) is 0.636. The summed E-state index contributed by atoms with van der Waals surface area (Å²) in [5.74, 6) is 0. The normalized spacial score (nSPS) is 21.7. The summed E-state index contributed by atoms with van der Waals surface area (Å²) in [5.41, 5.74) is 0. The van der Waals surface area contributed by atoms with Gasteiger partial charge in [-0.15, -0.1) is 11.3 Å². The first-order chi connectivity index (χ1) is 8.96. The van der Waals surface area contributed by atoms with Crippen LogP contribution in [-0.2, 0) is 21.3 Å². The first-order valence-corrected chi connectivity index (χ1v) is 9.04. The highest BCUT2D eigenvalue weighted by Gasteiger charge is 2.33. The van der Waals surface area contributed by atoms with Gasteiger partial charge in [-0.1, -0.05) is 0 Å². The van der Waals surface area contributed by atoms with E-state index in [-0.39, 0.29) is 6.04 Å². The second kappa shape index (κ2) is 6.19. The van der Waals surface area contributed by atoms with Gasteiger partial charge in [-0.25, -0.2) is 8.42 Å². The number of halogens is 1. The lowest BCUT2D eigenvalue weighted by molar-refractivity contribution is 0.0392. The number of nitrogens with one attached hydrogen (secondary N) is 1. The number of nitrogens with zero attached hydrogens (tertiary/aromatic N) is 1. The number of rotatable bonds is 4. The molecule has 2 heterocycles. The maximum Gasteiger partial charge on any atom is 0.245 e. The van der Waals surface area contributed by atoms with Crippen molar-refractivity contribution < 1.29 is 13.2 Å². The first-order valence-electron chi connectivity index (χ1n) is 5.99. The van der Waals surface area contributed by atoms with Gasteiger partial charge in [0.05, 0.1) is 17.0 Å². The third kappa shape index (κ3) is 3.20. The van der Waals surface area contributed by atoms with Gasteiger partial charge >= 0.3 is 0 Å². The zero-order chi connectivity index (χ0) is 14.0. The molecule has 1 fully saturated rings. The Hall–Kier alpha value is 0.01000. The van der Waals surface area contributed by atoms with E-state index in [9.17, 15) is 8.42 Å². The molecule has 108 valence electrons. The number of thiophene rings is 1. The number of morpholine rings is 1. The fourth-order valence-electron chi connectivity index (χ4n) is 2.03. The van der Waals surface area contributed by atoms with Gasteiger partial charge in [-0.3, -0.25) is 0 Å². The molecule has 0 amide bonds. The van der Waals surface area contributed by atoms with Gasteiger partial charge in [-0.05, 0) is 36.0 Å². The molecule has 0 aromatic carbocycles. The second-order valence-corrected chi connectivity index (χ2v) is 8.73. The quantitative estimate of drug-likeness (QED) is 0.877. The third-order valence-corrected chi connectivity index (χ3v) is 7.22. The van der Waals surface area contributed by atoms with Gasteiger partial charge in [-0.2, -0.15) is 4.31 Å². The predicted octanol–water partition coefficient (Wildman–Crippen LogP) is 1.64. The Morgan fingerprint density at radius 3 is 3.00 bits per heavy atom. The molecule has 0 bridgehead atoms. The van der Waals surface area contributed by atoms with Crippen LogP contribution in [0.1, 0.15) is 11.8 Å². The lowest BCUT2D eigenvalue weighted by Gasteiger charge is -2.32. The second-order valence-electron chi connectivity index (χ2n) is 4.42. The molecule has 0 radical (unpaired) electrons. The van der Waals surface area contributed by atoms with Crippen LogP contribution in [0, 0.1) is 0 Å². The highest BCUT2D eigenvalue weighted by Crippen LogP contribution is 2.34. The van der Waals surface area contributed by atoms with Crippen molar-refractivity contribution in [1.29, 1.82) is 0 Å². The molecule has 1 N–H and O–H groups in total. The van der Waals surface area contributed by atoms with Gasteiger partial charge in [0, 0.05) is 24.0 Å². The molecule has 1 aliphatic heterocycles. The third-order valence-electron chi connectivity index (χ3n) is 2.95. The Morgan fingerprint density at radius 1 is 1.63 bits per heavy atom. The van der Waals surface area contributed by atoms with Crippen molar-refractivity contribution in [2.45, 2.75) is 24.4 Å². The molecule has 5 nitrogen and oxygen atoms in total. The van der Waals surface area contributed by atoms with Crippen LogP contribution in [-0.4, -0.2) is 45.6 Å². The monoisotopic (exact) mass is 368 g/mol. The van der Waals surface area contributed by atoms with Crippen molar-refractivity contribution in [3.8, 4) is 0 Å². The number of sulfonamides is 1. The minimum absolute atomic E-state index is 0.127. The molecule has 1 aromatic rings. The average Bonchev–Trinajstić information content (AvgIpc) is 2.72. The van der Waals surface area contributed by atoms with Crippen molar-refractivity contribution >= 4 is 37.3 Å². The number of hydrogen-bond acceptors (Lipinski definition) is 5. The summed E-state index contributed by atoms with van der Waals surface area (Å²) in [6, 6.07) is 1.61. The van der Waals surface area contributed by atoms with Crippen LogP contribution in [0.2, 0.25) is 0 Å². The Labute approximate surface area is 126 Å². The molecule has 1 aliphatic rings. The van der Waals surface area contributed by atoms with E-state index >= 15 is 0 Å². The van der Waals surface area contributed by atoms with Crippen molar-refractivity contribution in [3.63, 3.8) is 0 Å². The van der Waals surface area contributed by atoms with Crippen molar-refractivity contribution in [2.24, 2.45) is 0 Å². The lowest BCUT2D eigenvalue weighted by atomic mass is 10.3. The minimum atomic E-state index is -3.45. The van der Waals surface area contributed by atoms with Crippen LogP contribution in [0.4, 0.5) is 0 Å². The zero-order valence-electron chi connectivity index (χ0n) is 10.8. The molecule has 1 saturated heterocycles. The van der Waals surface area contributed by atoms with E-state index in [0.29, 0.717) is 35.0 Å². The van der Waals surface area contributed by atoms with E-state index in [0.717, 1.165) is 4.88 Å². The molecule has 0 saturated carbocycles. The van der Waals surface area contributed by atoms with E-state index in [1.165, 1.54) is 15.6 Å². The molecular formula is C11H17BrN2O3S2. The van der Waals surface area contributed by atoms with Crippen LogP contribution in [0.3, 0.4) is 0 Å². The Kier molecular flexibility index (Phi) is 5.02. The van der Waals surface area contributed by atoms with Crippen molar-refractivity contribution in [3.05, 3.63) is 14.7 Å². The van der Waals surface area contributed by atoms with Crippen LogP contribution < -0.4 is 5.32 Å². The molecule has 1 aromatic heterocycles. The van der Waals surface area contributed by atoms with E-state index in [2.05, 4.69) is 21.2 Å². The van der Waals surface area contributed by atoms with Crippen LogP contribution in [0.5, 0.6) is 0 Å². The van der Waals surface area contributed by atoms with Gasteiger partial charge in [0.25, 0.3) is 0 Å². The molecule has 0 spiro atoms. The van der Waals surface area contributed by atoms with E-state index < -0.39 is 10.0 Å². The topological polar surface area (TPSA) is 58.6 Å². The lowest BCUT2D eigenvalue weighted by Crippen LogP contribution is -2.46. The van der Waals surface area contributed by atoms with Crippen molar-refractivity contribution in [2.75, 3.05) is 26.8 Å². The summed E-state index contributed by atoms with van der Waals surface area (Å²) in [5, 5.41) is 3.03. The highest BCUT2D eigenvalue weighted by atomic mass is 79.9. The van der Waals surface area contributed by atoms with Gasteiger partial charge < -0.3 is 10.1 Å². The largest absolute Gasteiger partial charge is 0.378 e. The summed E-state index contributed by atoms with van der Waals surface area (Å²) in [7, 11) is -1.61. The predicted molar refractivity (Wildman–Crippen MR) is 79.0 cm³/mol. The van der Waals surface area contributed by atoms with Gasteiger partial charge in [0.2, 0.25) is 10.0 Å². The summed E-state index contributed by atoms with van der Waals surface area (Å²) < 4.78 is 32.8. The summed E-state index contributed by atoms with van der Waals surface area (Å²) in [6.07, 6.45) is 0. The van der Waals surface area contributed by atoms with Crippen LogP contribution in [0.25, 0.3) is 0 Å². The van der Waals surface area contributed by atoms with Crippen LogP contribution >= 0.6 is 27.3 Å². The molecular weight excluding hydrogens is 352 g/mol. The molecule has 2 rings (SSSR count). The van der Waals surface area contributed by atoms with Crippen molar-refractivity contribution in [1.82, 2.24) is 9.62 Å². The SMILES string of the molecule is CNCc1cc(S(=O)(=O)N2CCOCC2C)c(Br)s1. The summed E-state index contributed by atoms with van der Waals surface area (Å²) in [6.45, 7) is 3.84. The van der Waals surface area contributed by atoms with Gasteiger partial charge in [0.15, 0.2) is 0 Å². The van der Waals surface area contributed by atoms with E-state index in [1.54, 1.807) is 6.07 Å². The minimum Gasteiger partial charge on any atom is -0.378 e. The molecule has 8 heteroatoms. The maximum atomic E-state index is 12.7.